The molecule has 1 unspecified atom stereocenters. The molecule has 2 fully saturated rings. The van der Waals surface area contributed by atoms with Crippen molar-refractivity contribution in [3.8, 4) is 0 Å². The predicted octanol–water partition coefficient (Wildman–Crippen LogP) is 0.565. The van der Waals surface area contributed by atoms with Gasteiger partial charge in [-0.05, 0) is 24.5 Å². The number of aryl methyl sites for hydroxylation is 2. The maximum atomic E-state index is 12.9. The zero-order chi connectivity index (χ0) is 18.1. The number of likely N-dealkylation sites (tertiary alicyclic amines) is 1. The van der Waals surface area contributed by atoms with Crippen LogP contribution < -0.4 is 0 Å². The lowest BCUT2D eigenvalue weighted by Gasteiger charge is -2.42. The van der Waals surface area contributed by atoms with Crippen LogP contribution in [-0.4, -0.2) is 70.8 Å². The van der Waals surface area contributed by atoms with E-state index in [1.54, 1.807) is 16.9 Å². The fraction of sp³-hybridized carbons (Fsp3) is 0.500. The third-order valence-corrected chi connectivity index (χ3v) is 7.13. The van der Waals surface area contributed by atoms with E-state index in [0.29, 0.717) is 26.2 Å². The second-order valence-electron chi connectivity index (χ2n) is 7.04. The molecule has 1 aromatic heterocycles. The number of benzene rings is 1. The molecule has 2 saturated heterocycles. The molecular weight excluding hydrogens is 352 g/mol. The third kappa shape index (κ3) is 3.42. The molecular formula is C18H24N4O3S. The van der Waals surface area contributed by atoms with Crippen molar-refractivity contribution in [1.29, 1.82) is 0 Å². The molecule has 0 bridgehead atoms. The zero-order valence-corrected chi connectivity index (χ0v) is 15.4. The molecule has 0 amide bonds. The molecule has 0 radical (unpaired) electrons. The second-order valence-corrected chi connectivity index (χ2v) is 8.93. The maximum Gasteiger partial charge on any atom is 0.260 e. The number of hydrogen-bond donors (Lipinski definition) is 1. The molecule has 3 heterocycles. The van der Waals surface area contributed by atoms with E-state index < -0.39 is 10.0 Å². The Morgan fingerprint density at radius 2 is 1.88 bits per heavy atom. The molecule has 0 saturated carbocycles. The van der Waals surface area contributed by atoms with Gasteiger partial charge in [0.2, 0.25) is 0 Å². The number of sulfonamides is 1. The minimum atomic E-state index is -3.53. The van der Waals surface area contributed by atoms with Crippen LogP contribution in [0.15, 0.2) is 47.6 Å². The first-order valence-electron chi connectivity index (χ1n) is 9.02. The number of hydrogen-bond acceptors (Lipinski definition) is 5. The minimum absolute atomic E-state index is 0.211. The van der Waals surface area contributed by atoms with Crippen molar-refractivity contribution < 1.29 is 13.5 Å². The molecule has 1 atom stereocenters. The summed E-state index contributed by atoms with van der Waals surface area (Å²) >= 11 is 0. The highest BCUT2D eigenvalue weighted by Gasteiger charge is 2.42. The average molecular weight is 376 g/mol. The quantitative estimate of drug-likeness (QED) is 0.797. The van der Waals surface area contributed by atoms with Crippen LogP contribution in [0.2, 0.25) is 0 Å². The van der Waals surface area contributed by atoms with Gasteiger partial charge < -0.3 is 5.11 Å². The Kier molecular flexibility index (Phi) is 4.83. The van der Waals surface area contributed by atoms with E-state index in [-0.39, 0.29) is 17.2 Å². The van der Waals surface area contributed by atoms with E-state index in [4.69, 9.17) is 0 Å². The maximum absolute atomic E-state index is 12.9. The van der Waals surface area contributed by atoms with Gasteiger partial charge >= 0.3 is 0 Å². The zero-order valence-electron chi connectivity index (χ0n) is 14.6. The summed E-state index contributed by atoms with van der Waals surface area (Å²) in [5, 5.41) is 14.1. The number of nitrogens with zero attached hydrogens (tertiary/aromatic N) is 4. The van der Waals surface area contributed by atoms with E-state index >= 15 is 0 Å². The summed E-state index contributed by atoms with van der Waals surface area (Å²) in [5.41, 5.74) is 1.16. The van der Waals surface area contributed by atoms with E-state index in [2.05, 4.69) is 10.00 Å². The van der Waals surface area contributed by atoms with Gasteiger partial charge in [-0.1, -0.05) is 30.3 Å². The molecule has 1 N–H and O–H groups in total. The minimum Gasteiger partial charge on any atom is -0.392 e. The van der Waals surface area contributed by atoms with Crippen LogP contribution in [0, 0.1) is 0 Å². The van der Waals surface area contributed by atoms with Crippen molar-refractivity contribution in [2.24, 2.45) is 0 Å². The fourth-order valence-electron chi connectivity index (χ4n) is 3.66. The van der Waals surface area contributed by atoms with Crippen LogP contribution in [0.25, 0.3) is 0 Å². The lowest BCUT2D eigenvalue weighted by molar-refractivity contribution is 0.0916. The molecule has 2 aliphatic rings. The number of aliphatic hydroxyl groups excluding tert-OH is 1. The highest BCUT2D eigenvalue weighted by molar-refractivity contribution is 7.89. The molecule has 0 aliphatic carbocycles. The van der Waals surface area contributed by atoms with Gasteiger partial charge in [0.05, 0.1) is 12.3 Å². The summed E-state index contributed by atoms with van der Waals surface area (Å²) in [5.74, 6) is 0. The Morgan fingerprint density at radius 3 is 2.58 bits per heavy atom. The molecule has 140 valence electrons. The van der Waals surface area contributed by atoms with Crippen LogP contribution in [0.3, 0.4) is 0 Å². The molecule has 4 rings (SSSR count). The van der Waals surface area contributed by atoms with Crippen LogP contribution in [0.4, 0.5) is 0 Å². The summed E-state index contributed by atoms with van der Waals surface area (Å²) in [6.07, 6.45) is 2.78. The van der Waals surface area contributed by atoms with E-state index in [9.17, 15) is 13.5 Å². The predicted molar refractivity (Wildman–Crippen MR) is 97.1 cm³/mol. The van der Waals surface area contributed by atoms with Gasteiger partial charge in [0.25, 0.3) is 10.0 Å². The molecule has 7 nitrogen and oxygen atoms in total. The summed E-state index contributed by atoms with van der Waals surface area (Å²) < 4.78 is 29.0. The Bertz CT molecular complexity index is 846. The van der Waals surface area contributed by atoms with E-state index in [0.717, 1.165) is 24.9 Å². The van der Waals surface area contributed by atoms with Crippen LogP contribution in [0.1, 0.15) is 12.0 Å². The fourth-order valence-corrected chi connectivity index (χ4v) is 5.30. The van der Waals surface area contributed by atoms with Crippen molar-refractivity contribution in [1.82, 2.24) is 19.0 Å². The third-order valence-electron chi connectivity index (χ3n) is 5.28. The van der Waals surface area contributed by atoms with Crippen molar-refractivity contribution in [2.75, 3.05) is 26.2 Å². The van der Waals surface area contributed by atoms with Gasteiger partial charge in [-0.25, -0.2) is 8.42 Å². The van der Waals surface area contributed by atoms with Crippen molar-refractivity contribution in [2.45, 2.75) is 36.6 Å². The van der Waals surface area contributed by atoms with E-state index in [1.807, 2.05) is 30.3 Å². The SMILES string of the molecule is O=S(=O)(c1ccnn1CCc1ccccc1)N1CC(N2CCC(O)C2)C1. The number of rotatable bonds is 6. The summed E-state index contributed by atoms with van der Waals surface area (Å²) in [4.78, 5) is 2.18. The van der Waals surface area contributed by atoms with Crippen molar-refractivity contribution >= 4 is 10.0 Å². The number of aliphatic hydroxyl groups is 1. The summed E-state index contributed by atoms with van der Waals surface area (Å²) in [7, 11) is -3.53. The number of β-amino-alcohol motifs (C(OH)–C–C–N with tert-alkyl or cyclic N) is 1. The van der Waals surface area contributed by atoms with Crippen molar-refractivity contribution in [3.63, 3.8) is 0 Å². The molecule has 26 heavy (non-hydrogen) atoms. The van der Waals surface area contributed by atoms with Gasteiger partial charge in [-0.2, -0.15) is 9.40 Å². The topological polar surface area (TPSA) is 78.7 Å². The van der Waals surface area contributed by atoms with Crippen LogP contribution in [-0.2, 0) is 23.0 Å². The first-order valence-corrected chi connectivity index (χ1v) is 10.5. The lowest BCUT2D eigenvalue weighted by atomic mass is 10.1. The molecule has 0 spiro atoms. The largest absolute Gasteiger partial charge is 0.392 e. The average Bonchev–Trinajstić information content (AvgIpc) is 3.22. The summed E-state index contributed by atoms with van der Waals surface area (Å²) in [6, 6.07) is 11.8. The smallest absolute Gasteiger partial charge is 0.260 e. The van der Waals surface area contributed by atoms with Gasteiger partial charge in [-0.15, -0.1) is 0 Å². The molecule has 2 aliphatic heterocycles. The standard InChI is InChI=1S/C18H24N4O3S/c23-17-8-10-20(14-17)16-12-21(13-16)26(24,25)18-6-9-19-22(18)11-7-15-4-2-1-3-5-15/h1-6,9,16-17,23H,7-8,10-14H2. The highest BCUT2D eigenvalue weighted by atomic mass is 32.2. The number of aromatic nitrogens is 2. The monoisotopic (exact) mass is 376 g/mol. The van der Waals surface area contributed by atoms with Crippen LogP contribution in [0.5, 0.6) is 0 Å². The van der Waals surface area contributed by atoms with Gasteiger partial charge in [0, 0.05) is 38.8 Å². The first-order chi connectivity index (χ1) is 12.5. The normalized spacial score (nSPS) is 22.6. The second kappa shape index (κ2) is 7.11. The Hall–Kier alpha value is -1.74. The van der Waals surface area contributed by atoms with Gasteiger partial charge in [0.1, 0.15) is 0 Å². The molecule has 8 heteroatoms. The molecule has 1 aromatic carbocycles. The first kappa shape index (κ1) is 17.7. The lowest BCUT2D eigenvalue weighted by Crippen LogP contribution is -2.60. The van der Waals surface area contributed by atoms with Crippen molar-refractivity contribution in [3.05, 3.63) is 48.2 Å². The van der Waals surface area contributed by atoms with E-state index in [1.165, 1.54) is 4.31 Å². The highest BCUT2D eigenvalue weighted by Crippen LogP contribution is 2.26. The van der Waals surface area contributed by atoms with Gasteiger partial charge in [-0.3, -0.25) is 9.58 Å². The Balaban J connectivity index is 1.40. The Labute approximate surface area is 153 Å². The summed E-state index contributed by atoms with van der Waals surface area (Å²) in [6.45, 7) is 2.99. The van der Waals surface area contributed by atoms with Crippen LogP contribution >= 0.6 is 0 Å². The molecule has 2 aromatic rings. The Morgan fingerprint density at radius 1 is 1.12 bits per heavy atom. The van der Waals surface area contributed by atoms with Gasteiger partial charge in [0.15, 0.2) is 5.03 Å².